The van der Waals surface area contributed by atoms with Crippen LogP contribution in [0.15, 0.2) is 69.6 Å². The first kappa shape index (κ1) is 17.8. The van der Waals surface area contributed by atoms with Gasteiger partial charge in [0.05, 0.1) is 11.4 Å². The maximum atomic E-state index is 13.0. The highest BCUT2D eigenvalue weighted by atomic mass is 35.5. The molecule has 7 heteroatoms. The summed E-state index contributed by atoms with van der Waals surface area (Å²) in [7, 11) is 0. The van der Waals surface area contributed by atoms with Crippen LogP contribution in [0.3, 0.4) is 0 Å². The Morgan fingerprint density at radius 2 is 2.04 bits per heavy atom. The summed E-state index contributed by atoms with van der Waals surface area (Å²) < 4.78 is 5.40. The third-order valence-corrected chi connectivity index (χ3v) is 5.31. The summed E-state index contributed by atoms with van der Waals surface area (Å²) in [5.74, 6) is 0.591. The second-order valence-corrected chi connectivity index (χ2v) is 7.54. The van der Waals surface area contributed by atoms with Crippen molar-refractivity contribution >= 4 is 34.6 Å². The lowest BCUT2D eigenvalue weighted by Crippen LogP contribution is -2.37. The summed E-state index contributed by atoms with van der Waals surface area (Å²) >= 11 is 7.27. The Kier molecular flexibility index (Phi) is 5.27. The Balaban J connectivity index is 1.47. The van der Waals surface area contributed by atoms with Crippen molar-refractivity contribution in [1.82, 2.24) is 4.90 Å². The molecule has 4 rings (SSSR count). The molecule has 1 unspecified atom stereocenters. The minimum atomic E-state index is -0.225. The summed E-state index contributed by atoms with van der Waals surface area (Å²) in [6.45, 7) is 0.951. The van der Waals surface area contributed by atoms with E-state index in [4.69, 9.17) is 20.9 Å². The highest BCUT2D eigenvalue weighted by molar-refractivity contribution is 7.12. The van der Waals surface area contributed by atoms with Crippen molar-refractivity contribution in [2.45, 2.75) is 19.1 Å². The molecular weight excluding hydrogens is 384 g/mol. The van der Waals surface area contributed by atoms with Gasteiger partial charge in [-0.05, 0) is 40.7 Å². The smallest absolute Gasteiger partial charge is 0.264 e. The van der Waals surface area contributed by atoms with E-state index in [0.29, 0.717) is 41.1 Å². The first-order valence-corrected chi connectivity index (χ1v) is 9.80. The van der Waals surface area contributed by atoms with Crippen LogP contribution in [0.25, 0.3) is 0 Å². The van der Waals surface area contributed by atoms with Crippen LogP contribution in [0.2, 0.25) is 5.22 Å². The lowest BCUT2D eigenvalue weighted by molar-refractivity contribution is 0.0408. The molecule has 0 bridgehead atoms. The normalized spacial score (nSPS) is 16.0. The molecular formula is C20H17ClN2O3S. The average molecular weight is 401 g/mol. The number of nitrogens with zero attached hydrogens (tertiary/aromatic N) is 2. The molecule has 27 heavy (non-hydrogen) atoms. The van der Waals surface area contributed by atoms with Gasteiger partial charge in [0, 0.05) is 13.0 Å². The number of carbonyl (C=O) groups is 1. The summed E-state index contributed by atoms with van der Waals surface area (Å²) in [6.07, 6.45) is 0.337. The largest absolute Gasteiger partial charge is 0.443 e. The van der Waals surface area contributed by atoms with Crippen molar-refractivity contribution in [3.63, 3.8) is 0 Å². The number of hydrogen-bond donors (Lipinski definition) is 0. The van der Waals surface area contributed by atoms with Gasteiger partial charge in [0.25, 0.3) is 5.91 Å². The number of furan rings is 1. The molecule has 1 aliphatic heterocycles. The molecule has 1 amide bonds. The molecule has 5 nitrogen and oxygen atoms in total. The van der Waals surface area contributed by atoms with Crippen LogP contribution in [-0.2, 0) is 11.4 Å². The quantitative estimate of drug-likeness (QED) is 0.595. The van der Waals surface area contributed by atoms with Crippen molar-refractivity contribution in [2.24, 2.45) is 5.16 Å². The topological polar surface area (TPSA) is 55.0 Å². The summed E-state index contributed by atoms with van der Waals surface area (Å²) in [5.41, 5.74) is 1.77. The van der Waals surface area contributed by atoms with E-state index in [2.05, 4.69) is 5.16 Å². The number of oxime groups is 1. The molecule has 0 fully saturated rings. The predicted octanol–water partition coefficient (Wildman–Crippen LogP) is 4.83. The zero-order chi connectivity index (χ0) is 18.6. The summed E-state index contributed by atoms with van der Waals surface area (Å²) in [5, 5.41) is 6.33. The maximum Gasteiger partial charge on any atom is 0.264 e. The molecule has 0 spiro atoms. The summed E-state index contributed by atoms with van der Waals surface area (Å²) in [4.78, 5) is 21.0. The van der Waals surface area contributed by atoms with Crippen molar-refractivity contribution < 1.29 is 14.0 Å². The standard InChI is InChI=1S/C20H17ClN2O3S/c21-19-9-8-17(25-19)16-11-15(26-22-16)13-23(12-14-5-2-1-3-6-14)20(24)18-7-4-10-27-18/h1-10,15H,11-13H2. The fourth-order valence-electron chi connectivity index (χ4n) is 2.97. The van der Waals surface area contributed by atoms with E-state index in [9.17, 15) is 4.79 Å². The number of rotatable bonds is 6. The molecule has 0 radical (unpaired) electrons. The average Bonchev–Trinajstić information content (AvgIpc) is 3.43. The van der Waals surface area contributed by atoms with E-state index in [-0.39, 0.29) is 12.0 Å². The molecule has 3 heterocycles. The van der Waals surface area contributed by atoms with E-state index < -0.39 is 0 Å². The van der Waals surface area contributed by atoms with E-state index >= 15 is 0 Å². The molecule has 1 atom stereocenters. The van der Waals surface area contributed by atoms with Gasteiger partial charge < -0.3 is 14.2 Å². The van der Waals surface area contributed by atoms with Gasteiger partial charge in [-0.2, -0.15) is 0 Å². The molecule has 0 saturated carbocycles. The van der Waals surface area contributed by atoms with Gasteiger partial charge in [0.1, 0.15) is 5.71 Å². The first-order valence-electron chi connectivity index (χ1n) is 8.54. The maximum absolute atomic E-state index is 13.0. The van der Waals surface area contributed by atoms with Gasteiger partial charge in [0.2, 0.25) is 0 Å². The van der Waals surface area contributed by atoms with Crippen LogP contribution in [0.1, 0.15) is 27.4 Å². The van der Waals surface area contributed by atoms with Crippen molar-refractivity contribution in [1.29, 1.82) is 0 Å². The number of benzene rings is 1. The van der Waals surface area contributed by atoms with Crippen LogP contribution < -0.4 is 0 Å². The number of halogens is 1. The first-order chi connectivity index (χ1) is 13.2. The monoisotopic (exact) mass is 400 g/mol. The zero-order valence-corrected chi connectivity index (χ0v) is 15.9. The Hall–Kier alpha value is -2.57. The lowest BCUT2D eigenvalue weighted by atomic mass is 10.1. The Morgan fingerprint density at radius 3 is 2.74 bits per heavy atom. The van der Waals surface area contributed by atoms with Crippen LogP contribution in [0, 0.1) is 0 Å². The minimum Gasteiger partial charge on any atom is -0.443 e. The van der Waals surface area contributed by atoms with Crippen molar-refractivity contribution in [2.75, 3.05) is 6.54 Å². The Morgan fingerprint density at radius 1 is 1.19 bits per heavy atom. The zero-order valence-electron chi connectivity index (χ0n) is 14.4. The third-order valence-electron chi connectivity index (χ3n) is 4.25. The van der Waals surface area contributed by atoms with Crippen LogP contribution in [0.4, 0.5) is 0 Å². The van der Waals surface area contributed by atoms with Gasteiger partial charge in [0.15, 0.2) is 17.1 Å². The molecule has 2 aromatic heterocycles. The minimum absolute atomic E-state index is 0.00746. The number of hydrogen-bond acceptors (Lipinski definition) is 5. The molecule has 0 N–H and O–H groups in total. The van der Waals surface area contributed by atoms with E-state index in [1.807, 2.05) is 47.8 Å². The third kappa shape index (κ3) is 4.23. The molecule has 1 aliphatic rings. The van der Waals surface area contributed by atoms with Crippen molar-refractivity contribution in [3.05, 3.63) is 81.4 Å². The van der Waals surface area contributed by atoms with Gasteiger partial charge in [-0.3, -0.25) is 4.79 Å². The van der Waals surface area contributed by atoms with Gasteiger partial charge in [-0.15, -0.1) is 11.3 Å². The fourth-order valence-corrected chi connectivity index (χ4v) is 3.80. The lowest BCUT2D eigenvalue weighted by Gasteiger charge is -2.24. The van der Waals surface area contributed by atoms with Gasteiger partial charge in [-0.25, -0.2) is 0 Å². The second kappa shape index (κ2) is 7.98. The van der Waals surface area contributed by atoms with Crippen molar-refractivity contribution in [3.8, 4) is 0 Å². The molecule has 0 saturated heterocycles. The molecule has 1 aromatic carbocycles. The molecule has 138 valence electrons. The highest BCUT2D eigenvalue weighted by Crippen LogP contribution is 2.23. The Bertz CT molecular complexity index is 937. The van der Waals surface area contributed by atoms with Gasteiger partial charge in [-0.1, -0.05) is 41.6 Å². The predicted molar refractivity (Wildman–Crippen MR) is 105 cm³/mol. The fraction of sp³-hybridized carbons (Fsp3) is 0.200. The summed E-state index contributed by atoms with van der Waals surface area (Å²) in [6, 6.07) is 17.1. The SMILES string of the molecule is O=C(c1cccs1)N(Cc1ccccc1)CC1CC(c2ccc(Cl)o2)=NO1. The van der Waals surface area contributed by atoms with Crippen LogP contribution in [-0.4, -0.2) is 29.2 Å². The number of carbonyl (C=O) groups excluding carboxylic acids is 1. The van der Waals surface area contributed by atoms with E-state index in [0.717, 1.165) is 5.56 Å². The molecule has 3 aromatic rings. The second-order valence-electron chi connectivity index (χ2n) is 6.22. The van der Waals surface area contributed by atoms with Crippen LogP contribution in [0.5, 0.6) is 0 Å². The highest BCUT2D eigenvalue weighted by Gasteiger charge is 2.29. The number of thiophene rings is 1. The molecule has 0 aliphatic carbocycles. The van der Waals surface area contributed by atoms with Gasteiger partial charge >= 0.3 is 0 Å². The van der Waals surface area contributed by atoms with Crippen LogP contribution >= 0.6 is 22.9 Å². The van der Waals surface area contributed by atoms with E-state index in [1.54, 1.807) is 17.0 Å². The number of amides is 1. The Labute approximate surface area is 165 Å². The van der Waals surface area contributed by atoms with E-state index in [1.165, 1.54) is 11.3 Å².